The van der Waals surface area contributed by atoms with Gasteiger partial charge in [-0.25, -0.2) is 4.98 Å². The van der Waals surface area contributed by atoms with Crippen LogP contribution in [0.2, 0.25) is 0 Å². The number of nitrogens with one attached hydrogen (secondary N) is 2. The Hall–Kier alpha value is -3.28. The first-order valence-corrected chi connectivity index (χ1v) is 9.53. The summed E-state index contributed by atoms with van der Waals surface area (Å²) in [5.41, 5.74) is 3.35. The van der Waals surface area contributed by atoms with E-state index in [1.54, 1.807) is 13.3 Å². The summed E-state index contributed by atoms with van der Waals surface area (Å²) in [5, 5.41) is 6.59. The quantitative estimate of drug-likeness (QED) is 0.564. The van der Waals surface area contributed by atoms with Crippen molar-refractivity contribution in [3.05, 3.63) is 66.4 Å². The van der Waals surface area contributed by atoms with E-state index in [0.29, 0.717) is 12.5 Å². The van der Waals surface area contributed by atoms with Crippen LogP contribution in [0.3, 0.4) is 0 Å². The van der Waals surface area contributed by atoms with E-state index in [1.165, 1.54) is 5.69 Å². The maximum Gasteiger partial charge on any atom is 0.224 e. The molecule has 0 unspecified atom stereocenters. The van der Waals surface area contributed by atoms with Gasteiger partial charge in [-0.1, -0.05) is 12.1 Å². The third-order valence-corrected chi connectivity index (χ3v) is 4.53. The van der Waals surface area contributed by atoms with Crippen molar-refractivity contribution in [1.82, 2.24) is 9.97 Å². The second kappa shape index (κ2) is 9.60. The summed E-state index contributed by atoms with van der Waals surface area (Å²) < 4.78 is 5.18. The molecule has 0 amide bonds. The smallest absolute Gasteiger partial charge is 0.224 e. The Labute approximate surface area is 166 Å². The van der Waals surface area contributed by atoms with Gasteiger partial charge in [-0.05, 0) is 61.9 Å². The first-order valence-electron chi connectivity index (χ1n) is 9.53. The van der Waals surface area contributed by atoms with Crippen LogP contribution in [0.5, 0.6) is 5.75 Å². The normalized spacial score (nSPS) is 10.4. The molecule has 0 radical (unpaired) electrons. The molecule has 0 aliphatic heterocycles. The number of benzene rings is 2. The van der Waals surface area contributed by atoms with Crippen molar-refractivity contribution < 1.29 is 4.74 Å². The fraction of sp³-hybridized carbons (Fsp3) is 0.273. The number of methoxy groups -OCH3 is 1. The van der Waals surface area contributed by atoms with E-state index in [4.69, 9.17) is 4.74 Å². The van der Waals surface area contributed by atoms with Crippen LogP contribution in [0.4, 0.5) is 23.1 Å². The van der Waals surface area contributed by atoms with Crippen LogP contribution in [-0.2, 0) is 6.54 Å². The summed E-state index contributed by atoms with van der Waals surface area (Å²) in [7, 11) is 1.66. The Bertz CT molecular complexity index is 861. The monoisotopic (exact) mass is 377 g/mol. The zero-order chi connectivity index (χ0) is 19.8. The van der Waals surface area contributed by atoms with Crippen molar-refractivity contribution in [2.45, 2.75) is 20.4 Å². The van der Waals surface area contributed by atoms with Gasteiger partial charge in [0.1, 0.15) is 11.6 Å². The molecule has 0 saturated heterocycles. The van der Waals surface area contributed by atoms with Crippen molar-refractivity contribution in [1.29, 1.82) is 0 Å². The maximum atomic E-state index is 5.18. The molecular weight excluding hydrogens is 350 g/mol. The second-order valence-corrected chi connectivity index (χ2v) is 6.31. The van der Waals surface area contributed by atoms with Gasteiger partial charge in [0, 0.05) is 37.2 Å². The van der Waals surface area contributed by atoms with Gasteiger partial charge in [0.15, 0.2) is 0 Å². The van der Waals surface area contributed by atoms with Crippen LogP contribution < -0.4 is 20.3 Å². The lowest BCUT2D eigenvalue weighted by Gasteiger charge is -2.21. The minimum Gasteiger partial charge on any atom is -0.497 e. The topological polar surface area (TPSA) is 62.3 Å². The molecule has 2 N–H and O–H groups in total. The first-order chi connectivity index (χ1) is 13.7. The first kappa shape index (κ1) is 19.5. The third kappa shape index (κ3) is 5.13. The predicted molar refractivity (Wildman–Crippen MR) is 116 cm³/mol. The zero-order valence-corrected chi connectivity index (χ0v) is 16.6. The average Bonchev–Trinajstić information content (AvgIpc) is 2.75. The molecular formula is C22H27N5O. The van der Waals surface area contributed by atoms with E-state index in [9.17, 15) is 0 Å². The standard InChI is InChI=1S/C22H27N5O/c1-4-27(5-2)19-10-8-18(9-11-19)25-21-14-15-23-22(26-21)24-16-17-6-12-20(28-3)13-7-17/h6-15H,4-5,16H2,1-3H3,(H2,23,24,25,26). The Morgan fingerprint density at radius 3 is 2.29 bits per heavy atom. The molecule has 0 aliphatic carbocycles. The minimum absolute atomic E-state index is 0.584. The van der Waals surface area contributed by atoms with Gasteiger partial charge in [0.05, 0.1) is 7.11 Å². The molecule has 0 fully saturated rings. The van der Waals surface area contributed by atoms with Crippen LogP contribution in [0.25, 0.3) is 0 Å². The van der Waals surface area contributed by atoms with Crippen molar-refractivity contribution in [2.24, 2.45) is 0 Å². The highest BCUT2D eigenvalue weighted by Crippen LogP contribution is 2.21. The molecule has 2 aromatic carbocycles. The van der Waals surface area contributed by atoms with E-state index >= 15 is 0 Å². The molecule has 3 rings (SSSR count). The largest absolute Gasteiger partial charge is 0.497 e. The van der Waals surface area contributed by atoms with Gasteiger partial charge in [-0.3, -0.25) is 0 Å². The van der Waals surface area contributed by atoms with E-state index < -0.39 is 0 Å². The molecule has 28 heavy (non-hydrogen) atoms. The van der Waals surface area contributed by atoms with Crippen LogP contribution in [-0.4, -0.2) is 30.2 Å². The molecule has 1 aromatic heterocycles. The zero-order valence-electron chi connectivity index (χ0n) is 16.6. The Morgan fingerprint density at radius 1 is 0.929 bits per heavy atom. The van der Waals surface area contributed by atoms with Crippen molar-refractivity contribution in [3.63, 3.8) is 0 Å². The fourth-order valence-electron chi connectivity index (χ4n) is 2.93. The summed E-state index contributed by atoms with van der Waals surface area (Å²) >= 11 is 0. The van der Waals surface area contributed by atoms with Crippen LogP contribution in [0.15, 0.2) is 60.8 Å². The molecule has 6 heteroatoms. The lowest BCUT2D eigenvalue weighted by atomic mass is 10.2. The Morgan fingerprint density at radius 2 is 1.64 bits per heavy atom. The minimum atomic E-state index is 0.584. The molecule has 146 valence electrons. The number of ether oxygens (including phenoxy) is 1. The molecule has 0 bridgehead atoms. The highest BCUT2D eigenvalue weighted by atomic mass is 16.5. The Balaban J connectivity index is 1.61. The van der Waals surface area contributed by atoms with Crippen LogP contribution in [0, 0.1) is 0 Å². The number of hydrogen-bond donors (Lipinski definition) is 2. The summed E-state index contributed by atoms with van der Waals surface area (Å²) in [6, 6.07) is 18.2. The number of rotatable bonds is 9. The summed E-state index contributed by atoms with van der Waals surface area (Å²) in [5.74, 6) is 2.18. The SMILES string of the molecule is CCN(CC)c1ccc(Nc2ccnc(NCc3ccc(OC)cc3)n2)cc1. The third-order valence-electron chi connectivity index (χ3n) is 4.53. The van der Waals surface area contributed by atoms with Gasteiger partial charge in [0.2, 0.25) is 5.95 Å². The summed E-state index contributed by atoms with van der Waals surface area (Å²) in [6.07, 6.45) is 1.75. The Kier molecular flexibility index (Phi) is 6.68. The molecule has 3 aromatic rings. The average molecular weight is 377 g/mol. The summed E-state index contributed by atoms with van der Waals surface area (Å²) in [6.45, 7) is 6.97. The fourth-order valence-corrected chi connectivity index (χ4v) is 2.93. The van der Waals surface area contributed by atoms with E-state index in [-0.39, 0.29) is 0 Å². The number of anilines is 4. The number of nitrogens with zero attached hydrogens (tertiary/aromatic N) is 3. The van der Waals surface area contributed by atoms with Crippen LogP contribution >= 0.6 is 0 Å². The van der Waals surface area contributed by atoms with Gasteiger partial charge >= 0.3 is 0 Å². The van der Waals surface area contributed by atoms with Gasteiger partial charge < -0.3 is 20.3 Å². The van der Waals surface area contributed by atoms with Crippen molar-refractivity contribution in [2.75, 3.05) is 35.7 Å². The molecule has 1 heterocycles. The van der Waals surface area contributed by atoms with E-state index in [0.717, 1.165) is 35.9 Å². The second-order valence-electron chi connectivity index (χ2n) is 6.31. The van der Waals surface area contributed by atoms with Gasteiger partial charge in [-0.15, -0.1) is 0 Å². The molecule has 0 spiro atoms. The molecule has 0 saturated carbocycles. The highest BCUT2D eigenvalue weighted by Gasteiger charge is 2.04. The van der Waals surface area contributed by atoms with E-state index in [2.05, 4.69) is 63.6 Å². The van der Waals surface area contributed by atoms with Crippen LogP contribution in [0.1, 0.15) is 19.4 Å². The lowest BCUT2D eigenvalue weighted by Crippen LogP contribution is -2.21. The number of hydrogen-bond acceptors (Lipinski definition) is 6. The lowest BCUT2D eigenvalue weighted by molar-refractivity contribution is 0.414. The molecule has 6 nitrogen and oxygen atoms in total. The molecule has 0 atom stereocenters. The van der Waals surface area contributed by atoms with E-state index in [1.807, 2.05) is 30.3 Å². The van der Waals surface area contributed by atoms with Crippen molar-refractivity contribution in [3.8, 4) is 5.75 Å². The molecule has 0 aliphatic rings. The predicted octanol–water partition coefficient (Wildman–Crippen LogP) is 4.69. The highest BCUT2D eigenvalue weighted by molar-refractivity contribution is 5.61. The van der Waals surface area contributed by atoms with Crippen molar-refractivity contribution >= 4 is 23.1 Å². The maximum absolute atomic E-state index is 5.18. The van der Waals surface area contributed by atoms with Gasteiger partial charge in [0.25, 0.3) is 0 Å². The number of aromatic nitrogens is 2. The summed E-state index contributed by atoms with van der Waals surface area (Å²) in [4.78, 5) is 11.1. The van der Waals surface area contributed by atoms with Gasteiger partial charge in [-0.2, -0.15) is 4.98 Å².